The third-order valence-corrected chi connectivity index (χ3v) is 2.30. The van der Waals surface area contributed by atoms with E-state index in [4.69, 9.17) is 5.73 Å². The van der Waals surface area contributed by atoms with Crippen molar-refractivity contribution in [1.82, 2.24) is 4.98 Å². The van der Waals surface area contributed by atoms with Gasteiger partial charge in [0.15, 0.2) is 11.5 Å². The highest BCUT2D eigenvalue weighted by atomic mass is 127. The van der Waals surface area contributed by atoms with E-state index in [0.29, 0.717) is 4.43 Å². The van der Waals surface area contributed by atoms with E-state index in [0.717, 1.165) is 6.07 Å². The van der Waals surface area contributed by atoms with Crippen molar-refractivity contribution in [3.8, 4) is 0 Å². The fraction of sp³-hybridized carbons (Fsp3) is 0.250. The SMILES string of the molecule is COC(=O)c1cc(N)c(F)c(CI)n1. The summed E-state index contributed by atoms with van der Waals surface area (Å²) in [5.41, 5.74) is 5.46. The number of ether oxygens (including phenoxy) is 1. The van der Waals surface area contributed by atoms with Gasteiger partial charge >= 0.3 is 5.97 Å². The number of carbonyl (C=O) groups is 1. The molecule has 0 saturated carbocycles. The van der Waals surface area contributed by atoms with E-state index in [1.54, 1.807) is 0 Å². The summed E-state index contributed by atoms with van der Waals surface area (Å²) in [7, 11) is 1.23. The second kappa shape index (κ2) is 4.54. The van der Waals surface area contributed by atoms with Crippen molar-refractivity contribution in [3.05, 3.63) is 23.3 Å². The van der Waals surface area contributed by atoms with Crippen LogP contribution in [0.5, 0.6) is 0 Å². The number of methoxy groups -OCH3 is 1. The highest BCUT2D eigenvalue weighted by molar-refractivity contribution is 14.1. The van der Waals surface area contributed by atoms with Gasteiger partial charge in [0.05, 0.1) is 18.5 Å². The van der Waals surface area contributed by atoms with Crippen molar-refractivity contribution in [2.24, 2.45) is 0 Å². The third-order valence-electron chi connectivity index (χ3n) is 1.58. The number of pyridine rings is 1. The number of nitrogens with two attached hydrogens (primary N) is 1. The lowest BCUT2D eigenvalue weighted by Crippen LogP contribution is -2.09. The minimum Gasteiger partial charge on any atom is -0.464 e. The number of nitrogen functional groups attached to an aromatic ring is 1. The molecule has 0 amide bonds. The number of nitrogens with zero attached hydrogens (tertiary/aromatic N) is 1. The minimum atomic E-state index is -0.622. The Bertz CT molecular complexity index is 371. The summed E-state index contributed by atoms with van der Waals surface area (Å²) in [4.78, 5) is 14.9. The van der Waals surface area contributed by atoms with Crippen LogP contribution in [0.2, 0.25) is 0 Å². The molecule has 0 radical (unpaired) electrons. The Morgan fingerprint density at radius 1 is 1.79 bits per heavy atom. The van der Waals surface area contributed by atoms with E-state index in [9.17, 15) is 9.18 Å². The van der Waals surface area contributed by atoms with Gasteiger partial charge in [-0.05, 0) is 6.07 Å². The summed E-state index contributed by atoms with van der Waals surface area (Å²) < 4.78 is 18.0. The number of carbonyl (C=O) groups excluding carboxylic acids is 1. The van der Waals surface area contributed by atoms with Gasteiger partial charge in [0.2, 0.25) is 0 Å². The summed E-state index contributed by atoms with van der Waals surface area (Å²) >= 11 is 1.94. The van der Waals surface area contributed by atoms with Crippen LogP contribution in [-0.4, -0.2) is 18.1 Å². The molecule has 1 aromatic heterocycles. The van der Waals surface area contributed by atoms with Crippen molar-refractivity contribution >= 4 is 34.2 Å². The van der Waals surface area contributed by atoms with E-state index >= 15 is 0 Å². The lowest BCUT2D eigenvalue weighted by Gasteiger charge is -2.04. The van der Waals surface area contributed by atoms with Crippen LogP contribution in [0, 0.1) is 5.82 Å². The fourth-order valence-electron chi connectivity index (χ4n) is 0.902. The first kappa shape index (κ1) is 11.2. The van der Waals surface area contributed by atoms with Crippen LogP contribution in [0.15, 0.2) is 6.07 Å². The van der Waals surface area contributed by atoms with Gasteiger partial charge in [0.25, 0.3) is 0 Å². The maximum atomic E-state index is 13.2. The predicted octanol–water partition coefficient (Wildman–Crippen LogP) is 1.52. The molecule has 14 heavy (non-hydrogen) atoms. The molecule has 0 atom stereocenters. The molecule has 0 spiro atoms. The summed E-state index contributed by atoms with van der Waals surface area (Å²) in [5, 5.41) is 0. The number of hydrogen-bond acceptors (Lipinski definition) is 4. The molecule has 4 nitrogen and oxygen atoms in total. The zero-order chi connectivity index (χ0) is 10.7. The van der Waals surface area contributed by atoms with Crippen molar-refractivity contribution in [2.45, 2.75) is 4.43 Å². The van der Waals surface area contributed by atoms with Gasteiger partial charge in [0.1, 0.15) is 0 Å². The Morgan fingerprint density at radius 3 is 2.93 bits per heavy atom. The highest BCUT2D eigenvalue weighted by Gasteiger charge is 2.14. The molecule has 0 aliphatic heterocycles. The molecule has 0 unspecified atom stereocenters. The van der Waals surface area contributed by atoms with E-state index < -0.39 is 11.8 Å². The van der Waals surface area contributed by atoms with Crippen LogP contribution in [0.3, 0.4) is 0 Å². The number of rotatable bonds is 2. The predicted molar refractivity (Wildman–Crippen MR) is 57.7 cm³/mol. The first-order valence-electron chi connectivity index (χ1n) is 3.69. The molecular weight excluding hydrogens is 302 g/mol. The van der Waals surface area contributed by atoms with Crippen LogP contribution in [0.4, 0.5) is 10.1 Å². The normalized spacial score (nSPS) is 9.93. The van der Waals surface area contributed by atoms with E-state index in [2.05, 4.69) is 9.72 Å². The largest absolute Gasteiger partial charge is 0.464 e. The van der Waals surface area contributed by atoms with E-state index in [1.807, 2.05) is 22.6 Å². The standard InChI is InChI=1S/C8H8FIN2O2/c1-14-8(13)5-2-4(11)7(9)6(3-10)12-5/h2H,3H2,1H3,(H2,11,12). The molecule has 0 aromatic carbocycles. The van der Waals surface area contributed by atoms with Crippen LogP contribution < -0.4 is 5.73 Å². The van der Waals surface area contributed by atoms with Crippen LogP contribution in [-0.2, 0) is 9.16 Å². The molecule has 0 fully saturated rings. The smallest absolute Gasteiger partial charge is 0.356 e. The lowest BCUT2D eigenvalue weighted by molar-refractivity contribution is 0.0593. The fourth-order valence-corrected chi connectivity index (χ4v) is 1.41. The molecule has 1 heterocycles. The lowest BCUT2D eigenvalue weighted by atomic mass is 10.2. The summed E-state index contributed by atoms with van der Waals surface area (Å²) in [5.74, 6) is -1.20. The number of alkyl halides is 1. The molecule has 2 N–H and O–H groups in total. The number of hydrogen-bond donors (Lipinski definition) is 1. The van der Waals surface area contributed by atoms with Gasteiger partial charge < -0.3 is 10.5 Å². The quantitative estimate of drug-likeness (QED) is 0.511. The highest BCUT2D eigenvalue weighted by Crippen LogP contribution is 2.17. The van der Waals surface area contributed by atoms with Gasteiger partial charge in [-0.1, -0.05) is 22.6 Å². The van der Waals surface area contributed by atoms with Gasteiger partial charge in [-0.3, -0.25) is 0 Å². The van der Waals surface area contributed by atoms with Crippen LogP contribution >= 0.6 is 22.6 Å². The Morgan fingerprint density at radius 2 is 2.43 bits per heavy atom. The Hall–Kier alpha value is -0.920. The zero-order valence-electron chi connectivity index (χ0n) is 7.38. The van der Waals surface area contributed by atoms with Crippen LogP contribution in [0.1, 0.15) is 16.2 Å². The van der Waals surface area contributed by atoms with Crippen LogP contribution in [0.25, 0.3) is 0 Å². The topological polar surface area (TPSA) is 65.2 Å². The number of esters is 1. The monoisotopic (exact) mass is 310 g/mol. The minimum absolute atomic E-state index is 0.0260. The van der Waals surface area contributed by atoms with Crippen molar-refractivity contribution in [2.75, 3.05) is 12.8 Å². The van der Waals surface area contributed by atoms with E-state index in [-0.39, 0.29) is 17.1 Å². The summed E-state index contributed by atoms with van der Waals surface area (Å²) in [6, 6.07) is 1.16. The first-order chi connectivity index (χ1) is 6.60. The summed E-state index contributed by atoms with van der Waals surface area (Å²) in [6.45, 7) is 0. The maximum absolute atomic E-state index is 13.2. The molecule has 1 rings (SSSR count). The average molecular weight is 310 g/mol. The summed E-state index contributed by atoms with van der Waals surface area (Å²) in [6.07, 6.45) is 0. The molecule has 0 saturated heterocycles. The third kappa shape index (κ3) is 2.11. The molecule has 0 bridgehead atoms. The number of anilines is 1. The molecular formula is C8H8FIN2O2. The first-order valence-corrected chi connectivity index (χ1v) is 5.22. The molecule has 76 valence electrons. The molecule has 0 aliphatic rings. The van der Waals surface area contributed by atoms with E-state index in [1.165, 1.54) is 7.11 Å². The average Bonchev–Trinajstić information content (AvgIpc) is 2.20. The zero-order valence-corrected chi connectivity index (χ0v) is 9.54. The Balaban J connectivity index is 3.22. The second-order valence-electron chi connectivity index (χ2n) is 2.48. The number of aromatic nitrogens is 1. The van der Waals surface area contributed by atoms with Gasteiger partial charge in [0, 0.05) is 4.43 Å². The number of halogens is 2. The van der Waals surface area contributed by atoms with Gasteiger partial charge in [-0.2, -0.15) is 0 Å². The molecule has 0 aliphatic carbocycles. The Kier molecular flexibility index (Phi) is 3.62. The van der Waals surface area contributed by atoms with Gasteiger partial charge in [-0.25, -0.2) is 14.2 Å². The van der Waals surface area contributed by atoms with Gasteiger partial charge in [-0.15, -0.1) is 0 Å². The van der Waals surface area contributed by atoms with Crippen molar-refractivity contribution in [3.63, 3.8) is 0 Å². The van der Waals surface area contributed by atoms with Crippen molar-refractivity contribution in [1.29, 1.82) is 0 Å². The molecule has 6 heteroatoms. The second-order valence-corrected chi connectivity index (χ2v) is 3.25. The maximum Gasteiger partial charge on any atom is 0.356 e. The van der Waals surface area contributed by atoms with Crippen molar-refractivity contribution < 1.29 is 13.9 Å². The molecule has 1 aromatic rings. The Labute approximate surface area is 93.8 Å².